The lowest BCUT2D eigenvalue weighted by Crippen LogP contribution is -2.52. The molecule has 1 unspecified atom stereocenters. The number of ether oxygens (including phenoxy) is 1. The van der Waals surface area contributed by atoms with Crippen LogP contribution in [0.25, 0.3) is 0 Å². The molecule has 0 bridgehead atoms. The average molecular weight is 529 g/mol. The van der Waals surface area contributed by atoms with Crippen molar-refractivity contribution < 1.29 is 17.9 Å². The first-order valence-electron chi connectivity index (χ1n) is 9.42. The largest absolute Gasteiger partial charge is 0.497 e. The standard InChI is InChI=1S/C19H30F3N5O.HI/c1-23-18(24-9-11-26(2)14-19(20,21)22)25-15-6-5-10-27(13-15)16-7-4-8-17(12-16)28-3;/h4,7-8,12,15H,5-6,9-11,13-14H2,1-3H3,(H2,23,24,25);1H. The molecular weight excluding hydrogens is 498 g/mol. The number of guanidine groups is 1. The predicted molar refractivity (Wildman–Crippen MR) is 122 cm³/mol. The number of benzene rings is 1. The zero-order valence-corrected chi connectivity index (χ0v) is 19.5. The van der Waals surface area contributed by atoms with Crippen molar-refractivity contribution in [3.63, 3.8) is 0 Å². The molecule has 1 aliphatic heterocycles. The Bertz CT molecular complexity index is 645. The molecule has 0 amide bonds. The molecule has 166 valence electrons. The summed E-state index contributed by atoms with van der Waals surface area (Å²) in [5, 5.41) is 6.48. The molecular formula is C19H31F3IN5O. The molecule has 0 spiro atoms. The van der Waals surface area contributed by atoms with Gasteiger partial charge in [-0.3, -0.25) is 9.89 Å². The van der Waals surface area contributed by atoms with E-state index in [1.165, 1.54) is 11.9 Å². The fraction of sp³-hybridized carbons (Fsp3) is 0.632. The van der Waals surface area contributed by atoms with Crippen molar-refractivity contribution in [1.82, 2.24) is 15.5 Å². The lowest BCUT2D eigenvalue weighted by atomic mass is 10.0. The third-order valence-corrected chi connectivity index (χ3v) is 4.64. The number of halogens is 4. The molecule has 10 heteroatoms. The first kappa shape index (κ1) is 25.6. The van der Waals surface area contributed by atoms with Crippen molar-refractivity contribution in [2.75, 3.05) is 58.8 Å². The Morgan fingerprint density at radius 3 is 2.79 bits per heavy atom. The van der Waals surface area contributed by atoms with E-state index in [0.29, 0.717) is 12.5 Å². The lowest BCUT2D eigenvalue weighted by Gasteiger charge is -2.35. The van der Waals surface area contributed by atoms with Crippen molar-refractivity contribution in [1.29, 1.82) is 0 Å². The van der Waals surface area contributed by atoms with Crippen LogP contribution in [0.3, 0.4) is 0 Å². The van der Waals surface area contributed by atoms with Crippen molar-refractivity contribution in [3.05, 3.63) is 24.3 Å². The predicted octanol–water partition coefficient (Wildman–Crippen LogP) is 2.94. The Morgan fingerprint density at radius 2 is 2.14 bits per heavy atom. The number of nitrogens with zero attached hydrogens (tertiary/aromatic N) is 3. The Hall–Kier alpha value is -1.43. The van der Waals surface area contributed by atoms with Crippen molar-refractivity contribution in [3.8, 4) is 5.75 Å². The number of rotatable bonds is 7. The highest BCUT2D eigenvalue weighted by Gasteiger charge is 2.29. The summed E-state index contributed by atoms with van der Waals surface area (Å²) < 4.78 is 42.4. The normalized spacial score (nSPS) is 17.7. The molecule has 1 aliphatic rings. The van der Waals surface area contributed by atoms with Gasteiger partial charge in [0.15, 0.2) is 5.96 Å². The number of hydrogen-bond donors (Lipinski definition) is 2. The fourth-order valence-corrected chi connectivity index (χ4v) is 3.27. The summed E-state index contributed by atoms with van der Waals surface area (Å²) >= 11 is 0. The second-order valence-corrected chi connectivity index (χ2v) is 6.98. The number of anilines is 1. The SMILES string of the molecule is CN=C(NCCN(C)CC(F)(F)F)NC1CCCN(c2cccc(OC)c2)C1.I. The lowest BCUT2D eigenvalue weighted by molar-refractivity contribution is -0.142. The van der Waals surface area contributed by atoms with Crippen molar-refractivity contribution in [2.24, 2.45) is 4.99 Å². The number of methoxy groups -OCH3 is 1. The maximum absolute atomic E-state index is 12.4. The topological polar surface area (TPSA) is 52.1 Å². The van der Waals surface area contributed by atoms with E-state index in [2.05, 4.69) is 26.6 Å². The summed E-state index contributed by atoms with van der Waals surface area (Å²) in [4.78, 5) is 7.74. The molecule has 0 radical (unpaired) electrons. The molecule has 1 saturated heterocycles. The third-order valence-electron chi connectivity index (χ3n) is 4.64. The van der Waals surface area contributed by atoms with Gasteiger partial charge < -0.3 is 20.3 Å². The summed E-state index contributed by atoms with van der Waals surface area (Å²) in [6.07, 6.45) is -2.13. The minimum absolute atomic E-state index is 0. The Kier molecular flexibility index (Phi) is 10.9. The highest BCUT2D eigenvalue weighted by Crippen LogP contribution is 2.24. The zero-order valence-electron chi connectivity index (χ0n) is 17.1. The summed E-state index contributed by atoms with van der Waals surface area (Å²) in [5.74, 6) is 1.44. The van der Waals surface area contributed by atoms with Crippen molar-refractivity contribution in [2.45, 2.75) is 25.1 Å². The van der Waals surface area contributed by atoms with Crippen molar-refractivity contribution >= 4 is 35.6 Å². The smallest absolute Gasteiger partial charge is 0.401 e. The highest BCUT2D eigenvalue weighted by atomic mass is 127. The average Bonchev–Trinajstić information content (AvgIpc) is 2.66. The molecule has 1 fully saturated rings. The molecule has 0 aromatic heterocycles. The number of aliphatic imine (C=N–C) groups is 1. The maximum atomic E-state index is 12.4. The van der Waals surface area contributed by atoms with Gasteiger partial charge in [-0.25, -0.2) is 0 Å². The monoisotopic (exact) mass is 529 g/mol. The van der Waals surface area contributed by atoms with E-state index in [0.717, 1.165) is 37.4 Å². The Morgan fingerprint density at radius 1 is 1.38 bits per heavy atom. The van der Waals surface area contributed by atoms with E-state index >= 15 is 0 Å². The van der Waals surface area contributed by atoms with Gasteiger partial charge in [0, 0.05) is 51.0 Å². The van der Waals surface area contributed by atoms with E-state index in [4.69, 9.17) is 4.74 Å². The van der Waals surface area contributed by atoms with Gasteiger partial charge >= 0.3 is 6.18 Å². The summed E-state index contributed by atoms with van der Waals surface area (Å²) in [7, 11) is 4.78. The van der Waals surface area contributed by atoms with E-state index in [-0.39, 0.29) is 36.6 Å². The summed E-state index contributed by atoms with van der Waals surface area (Å²) in [6, 6.07) is 8.19. The van der Waals surface area contributed by atoms with Crippen LogP contribution in [0.15, 0.2) is 29.3 Å². The van der Waals surface area contributed by atoms with Crippen LogP contribution in [0.1, 0.15) is 12.8 Å². The third kappa shape index (κ3) is 9.28. The minimum Gasteiger partial charge on any atom is -0.497 e. The maximum Gasteiger partial charge on any atom is 0.401 e. The quantitative estimate of drug-likeness (QED) is 0.324. The van der Waals surface area contributed by atoms with Crippen LogP contribution in [0.2, 0.25) is 0 Å². The molecule has 1 aromatic carbocycles. The van der Waals surface area contributed by atoms with Gasteiger partial charge in [0.25, 0.3) is 0 Å². The molecule has 29 heavy (non-hydrogen) atoms. The molecule has 0 aliphatic carbocycles. The Labute approximate surface area is 187 Å². The van der Waals surface area contributed by atoms with Crippen LogP contribution >= 0.6 is 24.0 Å². The summed E-state index contributed by atoms with van der Waals surface area (Å²) in [6.45, 7) is 1.54. The number of piperidine rings is 1. The van der Waals surface area contributed by atoms with Crippen LogP contribution in [0, 0.1) is 0 Å². The van der Waals surface area contributed by atoms with E-state index < -0.39 is 12.7 Å². The van der Waals surface area contributed by atoms with Gasteiger partial charge in [-0.15, -0.1) is 24.0 Å². The zero-order chi connectivity index (χ0) is 20.6. The summed E-state index contributed by atoms with van der Waals surface area (Å²) in [5.41, 5.74) is 1.11. The molecule has 2 N–H and O–H groups in total. The number of hydrogen-bond acceptors (Lipinski definition) is 4. The van der Waals surface area contributed by atoms with E-state index in [1.807, 2.05) is 18.2 Å². The van der Waals surface area contributed by atoms with Gasteiger partial charge in [0.2, 0.25) is 0 Å². The second-order valence-electron chi connectivity index (χ2n) is 6.98. The van der Waals surface area contributed by atoms with Crippen LogP contribution in [0.5, 0.6) is 5.75 Å². The van der Waals surface area contributed by atoms with Crippen LogP contribution < -0.4 is 20.3 Å². The number of alkyl halides is 3. The molecule has 1 heterocycles. The molecule has 1 atom stereocenters. The number of nitrogens with one attached hydrogen (secondary N) is 2. The molecule has 1 aromatic rings. The molecule has 2 rings (SSSR count). The van der Waals surface area contributed by atoms with Gasteiger partial charge in [-0.2, -0.15) is 13.2 Å². The molecule has 6 nitrogen and oxygen atoms in total. The first-order valence-corrected chi connectivity index (χ1v) is 9.42. The van der Waals surface area contributed by atoms with Crippen LogP contribution in [-0.2, 0) is 0 Å². The number of likely N-dealkylation sites (N-methyl/N-ethyl adjacent to an activating group) is 1. The Balaban J connectivity index is 0.00000420. The fourth-order valence-electron chi connectivity index (χ4n) is 3.27. The van der Waals surface area contributed by atoms with E-state index in [1.54, 1.807) is 14.2 Å². The minimum atomic E-state index is -4.18. The van der Waals surface area contributed by atoms with E-state index in [9.17, 15) is 13.2 Å². The van der Waals surface area contributed by atoms with Gasteiger partial charge in [0.05, 0.1) is 13.7 Å². The van der Waals surface area contributed by atoms with Gasteiger partial charge in [0.1, 0.15) is 5.75 Å². The van der Waals surface area contributed by atoms with Crippen LogP contribution in [0.4, 0.5) is 18.9 Å². The highest BCUT2D eigenvalue weighted by molar-refractivity contribution is 14.0. The molecule has 0 saturated carbocycles. The van der Waals surface area contributed by atoms with Gasteiger partial charge in [-0.05, 0) is 32.0 Å². The van der Waals surface area contributed by atoms with Crippen LogP contribution in [-0.4, -0.2) is 77.0 Å². The second kappa shape index (κ2) is 12.3. The van der Waals surface area contributed by atoms with Gasteiger partial charge in [-0.1, -0.05) is 6.07 Å². The first-order chi connectivity index (χ1) is 13.3.